The zero-order chi connectivity index (χ0) is 10.6. The highest BCUT2D eigenvalue weighted by atomic mass is 16.5. The molecule has 0 spiro atoms. The number of carbonyl (C=O) groups is 1. The highest BCUT2D eigenvalue weighted by Crippen LogP contribution is 2.25. The minimum Gasteiger partial charge on any atom is -0.481 e. The van der Waals surface area contributed by atoms with Gasteiger partial charge in [0.25, 0.3) is 0 Å². The quantitative estimate of drug-likeness (QED) is 0.779. The number of carboxylic acids is 1. The molecule has 5 heteroatoms. The van der Waals surface area contributed by atoms with Crippen LogP contribution in [0.3, 0.4) is 0 Å². The Bertz CT molecular complexity index is 328. The number of methoxy groups -OCH3 is 1. The Morgan fingerprint density at radius 3 is 3.00 bits per heavy atom. The lowest BCUT2D eigenvalue weighted by Gasteiger charge is -2.11. The molecular formula is C9H12N2O3. The number of ether oxygens (including phenoxy) is 1. The molecule has 0 aliphatic rings. The molecule has 1 N–H and O–H groups in total. The minimum absolute atomic E-state index is 0.0454. The van der Waals surface area contributed by atoms with Crippen LogP contribution in [0.5, 0.6) is 5.88 Å². The molecule has 1 aromatic rings. The summed E-state index contributed by atoms with van der Waals surface area (Å²) in [6, 6.07) is 0. The van der Waals surface area contributed by atoms with E-state index < -0.39 is 5.97 Å². The van der Waals surface area contributed by atoms with Crippen LogP contribution in [0.2, 0.25) is 0 Å². The Morgan fingerprint density at radius 1 is 1.71 bits per heavy atom. The van der Waals surface area contributed by atoms with Crippen molar-refractivity contribution in [1.29, 1.82) is 0 Å². The summed E-state index contributed by atoms with van der Waals surface area (Å²) in [5.41, 5.74) is 0.720. The minimum atomic E-state index is -0.844. The molecule has 0 aromatic carbocycles. The van der Waals surface area contributed by atoms with Gasteiger partial charge in [0.1, 0.15) is 6.33 Å². The van der Waals surface area contributed by atoms with Crippen molar-refractivity contribution in [1.82, 2.24) is 9.97 Å². The summed E-state index contributed by atoms with van der Waals surface area (Å²) in [5, 5.41) is 8.63. The first kappa shape index (κ1) is 10.4. The van der Waals surface area contributed by atoms with E-state index >= 15 is 0 Å². The second kappa shape index (κ2) is 4.55. The van der Waals surface area contributed by atoms with E-state index in [1.807, 2.05) is 0 Å². The van der Waals surface area contributed by atoms with Crippen LogP contribution >= 0.6 is 0 Å². The molecule has 0 saturated heterocycles. The van der Waals surface area contributed by atoms with Gasteiger partial charge < -0.3 is 9.84 Å². The summed E-state index contributed by atoms with van der Waals surface area (Å²) < 4.78 is 5.00. The summed E-state index contributed by atoms with van der Waals surface area (Å²) >= 11 is 0. The molecule has 0 radical (unpaired) electrons. The van der Waals surface area contributed by atoms with Crippen LogP contribution in [-0.4, -0.2) is 28.2 Å². The van der Waals surface area contributed by atoms with Crippen LogP contribution in [0.4, 0.5) is 0 Å². The molecule has 5 nitrogen and oxygen atoms in total. The molecule has 76 valence electrons. The van der Waals surface area contributed by atoms with E-state index in [-0.39, 0.29) is 12.3 Å². The third-order valence-electron chi connectivity index (χ3n) is 1.91. The molecule has 0 amide bonds. The van der Waals surface area contributed by atoms with Crippen molar-refractivity contribution in [2.45, 2.75) is 19.3 Å². The van der Waals surface area contributed by atoms with Gasteiger partial charge in [0, 0.05) is 11.8 Å². The number of nitrogens with zero attached hydrogens (tertiary/aromatic N) is 2. The molecule has 0 aliphatic heterocycles. The Morgan fingerprint density at radius 2 is 2.43 bits per heavy atom. The smallest absolute Gasteiger partial charge is 0.303 e. The van der Waals surface area contributed by atoms with Gasteiger partial charge in [0.05, 0.1) is 13.5 Å². The van der Waals surface area contributed by atoms with Crippen molar-refractivity contribution in [2.24, 2.45) is 0 Å². The zero-order valence-corrected chi connectivity index (χ0v) is 8.10. The molecule has 14 heavy (non-hydrogen) atoms. The first-order valence-electron chi connectivity index (χ1n) is 4.20. The number of rotatable bonds is 4. The summed E-state index contributed by atoms with van der Waals surface area (Å²) in [7, 11) is 1.50. The van der Waals surface area contributed by atoms with E-state index in [2.05, 4.69) is 9.97 Å². The second-order valence-corrected chi connectivity index (χ2v) is 2.99. The van der Waals surface area contributed by atoms with Gasteiger partial charge in [-0.3, -0.25) is 4.79 Å². The van der Waals surface area contributed by atoms with Gasteiger partial charge in [0.15, 0.2) is 0 Å². The monoisotopic (exact) mass is 196 g/mol. The number of hydrogen-bond donors (Lipinski definition) is 1. The molecule has 1 rings (SSSR count). The average Bonchev–Trinajstić information content (AvgIpc) is 2.16. The first-order chi connectivity index (χ1) is 6.65. The van der Waals surface area contributed by atoms with Crippen molar-refractivity contribution in [3.8, 4) is 5.88 Å². The van der Waals surface area contributed by atoms with Crippen LogP contribution < -0.4 is 4.74 Å². The van der Waals surface area contributed by atoms with Crippen molar-refractivity contribution >= 4 is 5.97 Å². The molecule has 0 aliphatic carbocycles. The Kier molecular flexibility index (Phi) is 3.39. The predicted octanol–water partition coefficient (Wildman–Crippen LogP) is 1.06. The summed E-state index contributed by atoms with van der Waals surface area (Å²) in [4.78, 5) is 18.2. The van der Waals surface area contributed by atoms with Crippen LogP contribution in [0.15, 0.2) is 12.5 Å². The third kappa shape index (κ3) is 2.42. The van der Waals surface area contributed by atoms with Crippen molar-refractivity contribution in [3.05, 3.63) is 18.1 Å². The van der Waals surface area contributed by atoms with E-state index in [1.165, 1.54) is 13.4 Å². The van der Waals surface area contributed by atoms with Gasteiger partial charge >= 0.3 is 5.97 Å². The second-order valence-electron chi connectivity index (χ2n) is 2.99. The van der Waals surface area contributed by atoms with Crippen molar-refractivity contribution in [2.75, 3.05) is 7.11 Å². The number of hydrogen-bond acceptors (Lipinski definition) is 4. The van der Waals surface area contributed by atoms with Gasteiger partial charge in [0.2, 0.25) is 5.88 Å². The Hall–Kier alpha value is -1.65. The normalized spacial score (nSPS) is 12.1. The predicted molar refractivity (Wildman–Crippen MR) is 49.3 cm³/mol. The van der Waals surface area contributed by atoms with Gasteiger partial charge in [-0.1, -0.05) is 6.92 Å². The lowest BCUT2D eigenvalue weighted by molar-refractivity contribution is -0.137. The van der Waals surface area contributed by atoms with Gasteiger partial charge in [-0.15, -0.1) is 0 Å². The van der Waals surface area contributed by atoms with Crippen LogP contribution in [0.1, 0.15) is 24.8 Å². The maximum Gasteiger partial charge on any atom is 0.303 e. The van der Waals surface area contributed by atoms with Gasteiger partial charge in [-0.05, 0) is 5.92 Å². The first-order valence-corrected chi connectivity index (χ1v) is 4.20. The largest absolute Gasteiger partial charge is 0.481 e. The average molecular weight is 196 g/mol. The molecule has 0 bridgehead atoms. The molecule has 1 heterocycles. The van der Waals surface area contributed by atoms with Crippen LogP contribution in [-0.2, 0) is 4.79 Å². The van der Waals surface area contributed by atoms with Crippen molar-refractivity contribution in [3.63, 3.8) is 0 Å². The van der Waals surface area contributed by atoms with Gasteiger partial charge in [-0.2, -0.15) is 0 Å². The highest BCUT2D eigenvalue weighted by Gasteiger charge is 2.15. The Balaban J connectivity index is 2.87. The zero-order valence-electron chi connectivity index (χ0n) is 8.10. The van der Waals surface area contributed by atoms with Crippen LogP contribution in [0.25, 0.3) is 0 Å². The molecule has 0 saturated carbocycles. The Labute approximate surface area is 81.8 Å². The van der Waals surface area contributed by atoms with E-state index in [0.717, 1.165) is 5.56 Å². The fraction of sp³-hybridized carbons (Fsp3) is 0.444. The highest BCUT2D eigenvalue weighted by molar-refractivity contribution is 5.68. The maximum atomic E-state index is 10.5. The van der Waals surface area contributed by atoms with E-state index in [9.17, 15) is 4.79 Å². The molecule has 1 aromatic heterocycles. The standard InChI is InChI=1S/C9H12N2O3/c1-6(3-8(12)13)7-4-10-5-11-9(7)14-2/h4-6H,3H2,1-2H3,(H,12,13). The maximum absolute atomic E-state index is 10.5. The summed E-state index contributed by atoms with van der Waals surface area (Å²) in [6.45, 7) is 1.80. The summed E-state index contributed by atoms with van der Waals surface area (Å²) in [5.74, 6) is -0.555. The van der Waals surface area contributed by atoms with Crippen LogP contribution in [0, 0.1) is 0 Å². The number of aromatic nitrogens is 2. The fourth-order valence-electron chi connectivity index (χ4n) is 1.21. The lowest BCUT2D eigenvalue weighted by atomic mass is 10.0. The molecule has 1 atom stereocenters. The number of carboxylic acid groups (broad SMARTS) is 1. The summed E-state index contributed by atoms with van der Waals surface area (Å²) in [6.07, 6.45) is 3.00. The van der Waals surface area contributed by atoms with Crippen molar-refractivity contribution < 1.29 is 14.6 Å². The van der Waals surface area contributed by atoms with E-state index in [0.29, 0.717) is 5.88 Å². The topological polar surface area (TPSA) is 72.3 Å². The molecule has 0 fully saturated rings. The lowest BCUT2D eigenvalue weighted by Crippen LogP contribution is -2.05. The SMILES string of the molecule is COc1ncncc1C(C)CC(=O)O. The number of aliphatic carboxylic acids is 1. The van der Waals surface area contributed by atoms with Gasteiger partial charge in [-0.25, -0.2) is 9.97 Å². The molecular weight excluding hydrogens is 184 g/mol. The third-order valence-corrected chi connectivity index (χ3v) is 1.91. The fourth-order valence-corrected chi connectivity index (χ4v) is 1.21. The van der Waals surface area contributed by atoms with E-state index in [4.69, 9.17) is 9.84 Å². The molecule has 1 unspecified atom stereocenters. The van der Waals surface area contributed by atoms with E-state index in [1.54, 1.807) is 13.1 Å².